The van der Waals surface area contributed by atoms with Crippen molar-refractivity contribution in [2.24, 2.45) is 131 Å². The molecule has 0 aromatic heterocycles. The maximum atomic E-state index is 9.82. The summed E-state index contributed by atoms with van der Waals surface area (Å²) in [5.41, 5.74) is -2.04. The highest BCUT2D eigenvalue weighted by Crippen LogP contribution is 2.74. The first-order chi connectivity index (χ1) is 63.6. The summed E-state index contributed by atoms with van der Waals surface area (Å²) in [5, 5.41) is 266. The number of rotatable bonds is 60. The molecule has 0 aromatic carbocycles. The summed E-state index contributed by atoms with van der Waals surface area (Å²) in [6, 6.07) is 0. The number of aliphatic hydroxyl groups is 29. The van der Waals surface area contributed by atoms with Gasteiger partial charge < -0.3 is 195 Å². The van der Waals surface area contributed by atoms with E-state index in [0.29, 0.717) is 83.5 Å². The Labute approximate surface area is 782 Å². The topological polar surface area (TPSA) is 679 Å². The lowest BCUT2D eigenvalue weighted by Gasteiger charge is -2.69. The van der Waals surface area contributed by atoms with E-state index in [1.165, 1.54) is 6.42 Å². The van der Waals surface area contributed by atoms with Crippen LogP contribution in [0.25, 0.3) is 0 Å². The fourth-order valence-electron chi connectivity index (χ4n) is 23.9. The van der Waals surface area contributed by atoms with Crippen molar-refractivity contribution in [2.45, 2.75) is 136 Å². The molecule has 0 aromatic rings. The minimum Gasteiger partial charge on any atom is -0.396 e. The van der Waals surface area contributed by atoms with E-state index in [9.17, 15) is 66.4 Å². The summed E-state index contributed by atoms with van der Waals surface area (Å²) in [6.07, 6.45) is 17.9. The number of ether oxygens (including phenoxy) is 10. The Morgan fingerprint density at radius 1 is 0.227 bits per heavy atom. The summed E-state index contributed by atoms with van der Waals surface area (Å²) in [5.74, 6) is -0.447. The van der Waals surface area contributed by atoms with Gasteiger partial charge in [0.15, 0.2) is 0 Å². The summed E-state index contributed by atoms with van der Waals surface area (Å²) in [4.78, 5) is 0. The lowest BCUT2D eigenvalue weighted by atomic mass is 9.36. The molecule has 0 aliphatic heterocycles. The molecule has 0 heterocycles. The van der Waals surface area contributed by atoms with Crippen LogP contribution in [-0.2, 0) is 47.4 Å². The highest BCUT2D eigenvalue weighted by Gasteiger charge is 2.68. The van der Waals surface area contributed by atoms with Crippen molar-refractivity contribution in [3.05, 3.63) is 0 Å². The highest BCUT2D eigenvalue weighted by atomic mass is 16.5. The zero-order valence-corrected chi connectivity index (χ0v) is 79.6. The van der Waals surface area contributed by atoms with Gasteiger partial charge in [-0.15, -0.1) is 0 Å². The van der Waals surface area contributed by atoms with Crippen LogP contribution in [0.2, 0.25) is 0 Å². The van der Waals surface area contributed by atoms with Gasteiger partial charge in [0, 0.05) is 136 Å². The SMILES string of the molecule is CC(COCCO)(COCCO)COCCO.CCC(COCCO)(COCCO)COCCO.OCC12CC3(CO)CC(CO)(C1)CC(CO)(C2)C3.OCC12CC3CC(CO)(C1)CC(CO)(C3)C2.OCC1C(CO)C(CO)C(CO)C(CO)C1CO.OCC1CC(CO)C(CO)CC1CO.OCC1CCCC(CO)C1.OCCOCC(COCCO)(COCCO)COCCO. The minimum absolute atomic E-state index is 0.00484. The van der Waals surface area contributed by atoms with E-state index in [0.717, 1.165) is 103 Å². The molecule has 6 atom stereocenters. The van der Waals surface area contributed by atoms with E-state index in [2.05, 4.69) is 0 Å². The number of hydrogen-bond donors (Lipinski definition) is 29. The molecule has 0 saturated heterocycles. The van der Waals surface area contributed by atoms with Gasteiger partial charge in [0.1, 0.15) is 0 Å². The number of hydrogen-bond acceptors (Lipinski definition) is 39. The molecule has 39 nitrogen and oxygen atoms in total. The Morgan fingerprint density at radius 3 is 0.583 bits per heavy atom. The lowest BCUT2D eigenvalue weighted by Crippen LogP contribution is -2.64. The van der Waals surface area contributed by atoms with Crippen molar-refractivity contribution in [1.82, 2.24) is 0 Å². The molecule has 6 unspecified atom stereocenters. The molecular formula is C93H184O39. The van der Waals surface area contributed by atoms with Crippen LogP contribution in [0.1, 0.15) is 136 Å². The molecule has 11 rings (SSSR count). The van der Waals surface area contributed by atoms with Crippen molar-refractivity contribution in [2.75, 3.05) is 324 Å². The Kier molecular flexibility index (Phi) is 66.5. The van der Waals surface area contributed by atoms with Crippen LogP contribution in [0.4, 0.5) is 0 Å². The molecule has 29 N–H and O–H groups in total. The third kappa shape index (κ3) is 41.0. The van der Waals surface area contributed by atoms with Gasteiger partial charge in [-0.05, 0) is 230 Å². The summed E-state index contributed by atoms with van der Waals surface area (Å²) in [7, 11) is 0. The summed E-state index contributed by atoms with van der Waals surface area (Å²) < 4.78 is 53.4. The van der Waals surface area contributed by atoms with Gasteiger partial charge in [0.25, 0.3) is 0 Å². The lowest BCUT2D eigenvalue weighted by molar-refractivity contribution is -0.239. The van der Waals surface area contributed by atoms with Gasteiger partial charge in [0.2, 0.25) is 0 Å². The van der Waals surface area contributed by atoms with Crippen molar-refractivity contribution in [3.8, 4) is 0 Å². The van der Waals surface area contributed by atoms with Crippen LogP contribution in [0.3, 0.4) is 0 Å². The minimum atomic E-state index is -0.630. The molecule has 0 spiro atoms. The first-order valence-corrected chi connectivity index (χ1v) is 48.0. The predicted molar refractivity (Wildman–Crippen MR) is 482 cm³/mol. The fraction of sp³-hybridized carbons (Fsp3) is 1.00. The normalized spacial score (nSPS) is 31.3. The monoisotopic (exact) mass is 1930 g/mol. The van der Waals surface area contributed by atoms with Gasteiger partial charge in [-0.2, -0.15) is 0 Å². The van der Waals surface area contributed by atoms with Crippen LogP contribution in [0, 0.1) is 131 Å². The van der Waals surface area contributed by atoms with E-state index >= 15 is 0 Å². The molecule has 8 bridgehead atoms. The van der Waals surface area contributed by atoms with E-state index in [4.69, 9.17) is 129 Å². The quantitative estimate of drug-likeness (QED) is 0.0254. The van der Waals surface area contributed by atoms with Crippen LogP contribution in [0.5, 0.6) is 0 Å². The Hall–Kier alpha value is -1.56. The van der Waals surface area contributed by atoms with E-state index in [-0.39, 0.29) is 379 Å². The highest BCUT2D eigenvalue weighted by molar-refractivity contribution is 5.17. The molecule has 0 amide bonds. The summed E-state index contributed by atoms with van der Waals surface area (Å²) in [6.45, 7) is 9.81. The molecular weight excluding hydrogens is 1740 g/mol. The maximum Gasteiger partial charge on any atom is 0.0698 e. The third-order valence-electron chi connectivity index (χ3n) is 29.0. The van der Waals surface area contributed by atoms with E-state index in [1.807, 2.05) is 13.8 Å². The van der Waals surface area contributed by atoms with Crippen LogP contribution < -0.4 is 0 Å². The molecule has 132 heavy (non-hydrogen) atoms. The Balaban J connectivity index is 0.000000513. The van der Waals surface area contributed by atoms with Crippen molar-refractivity contribution < 1.29 is 195 Å². The largest absolute Gasteiger partial charge is 0.396 e. The molecule has 11 fully saturated rings. The molecule has 0 radical (unpaired) electrons. The van der Waals surface area contributed by atoms with Crippen molar-refractivity contribution in [3.63, 3.8) is 0 Å². The maximum absolute atomic E-state index is 9.82. The number of aliphatic hydroxyl groups excluding tert-OH is 29. The molecule has 39 heteroatoms. The zero-order chi connectivity index (χ0) is 98.7. The average molecular weight is 1930 g/mol. The molecule has 11 saturated carbocycles. The van der Waals surface area contributed by atoms with Crippen LogP contribution >= 0.6 is 0 Å². The summed E-state index contributed by atoms with van der Waals surface area (Å²) >= 11 is 0. The van der Waals surface area contributed by atoms with Gasteiger partial charge >= 0.3 is 0 Å². The van der Waals surface area contributed by atoms with Gasteiger partial charge in [-0.25, -0.2) is 0 Å². The Bertz CT molecular complexity index is 2370. The van der Waals surface area contributed by atoms with E-state index < -0.39 is 5.41 Å². The van der Waals surface area contributed by atoms with Crippen molar-refractivity contribution >= 4 is 0 Å². The molecule has 11 aliphatic carbocycles. The third-order valence-corrected chi connectivity index (χ3v) is 29.0. The van der Waals surface area contributed by atoms with Crippen molar-refractivity contribution in [1.29, 1.82) is 0 Å². The second-order valence-electron chi connectivity index (χ2n) is 40.2. The van der Waals surface area contributed by atoms with Gasteiger partial charge in [-0.1, -0.05) is 20.3 Å². The van der Waals surface area contributed by atoms with E-state index in [1.54, 1.807) is 0 Å². The smallest absolute Gasteiger partial charge is 0.0698 e. The van der Waals surface area contributed by atoms with Gasteiger partial charge in [0.05, 0.1) is 204 Å². The second-order valence-corrected chi connectivity index (χ2v) is 40.2. The predicted octanol–water partition coefficient (Wildman–Crippen LogP) is -4.72. The fourth-order valence-corrected chi connectivity index (χ4v) is 23.9. The standard InChI is InChI=1S/C14H24O4.C13H28O8.C13H22O3.C12H24O6.C12H26O6.C11H24O6.C10H20O4.C8H16O2/c15-7-11-1-12(8-16)4-13(2-11,9-17)6-14(3-11,5-12)10-18;14-1-5-18-9-13(10-19-6-2-15,11-20-7-3-16)12-21-8-4-17;14-7-11-1-10-2-12(4-11,8-15)6-13(3-10,5-11)9-16;13-1-7-8(2-14)10(4-16)12(6-18)11(5-17)9(7)3-15;1-2-12(9-16-6-3-13,10-17-7-4-14)11-18-8-5-15;1-11(8-15-5-2-12,9-16-6-3-13)10-17-7-4-14;11-3-7-1-8(4-12)10(6-14)2-9(7)5-13;9-5-7-2-1-3-8(4-7)6-10/h15-18H,1-10H2;14-17H,1-12H2;10,14-16H,1-9H2;7-18H,1-6H2;13-15H,2-11H2,1H3;12-14H,2-10H2,1H3;7-14H,1-6H2;7-10H,1-6H2. The van der Waals surface area contributed by atoms with Gasteiger partial charge in [-0.3, -0.25) is 0 Å². The van der Waals surface area contributed by atoms with Crippen LogP contribution in [-0.4, -0.2) is 472 Å². The second kappa shape index (κ2) is 69.4. The van der Waals surface area contributed by atoms with Crippen LogP contribution in [0.15, 0.2) is 0 Å². The first kappa shape index (κ1) is 127. The average Bonchev–Trinajstić information content (AvgIpc) is 0.720. The molecule has 11 aliphatic rings. The Morgan fingerprint density at radius 2 is 0.417 bits per heavy atom. The first-order valence-electron chi connectivity index (χ1n) is 48.0. The zero-order valence-electron chi connectivity index (χ0n) is 79.6. The molecule has 790 valence electrons.